The van der Waals surface area contributed by atoms with Crippen LogP contribution in [0.4, 0.5) is 0 Å². The molecular weight excluding hydrogens is 380 g/mol. The number of hydrogen-bond acceptors (Lipinski definition) is 5. The summed E-state index contributed by atoms with van der Waals surface area (Å²) in [5.41, 5.74) is 3.84. The standard InChI is InChI=1S/C23H30N4O3/c1-3-29-14-16(2)12-20-23-22(24-15-25-23)18-13-17(7-8-19(18)26-20)30-11-5-10-27-9-4-6-21(27)28/h7-8,13,15-16H,3-6,9-12,14H2,1-2H3,(H,24,25). The second-order valence-electron chi connectivity index (χ2n) is 8.02. The summed E-state index contributed by atoms with van der Waals surface area (Å²) >= 11 is 0. The van der Waals surface area contributed by atoms with Gasteiger partial charge < -0.3 is 19.4 Å². The molecular formula is C23H30N4O3. The van der Waals surface area contributed by atoms with Crippen LogP contribution in [0.5, 0.6) is 5.75 Å². The summed E-state index contributed by atoms with van der Waals surface area (Å²) in [5.74, 6) is 1.45. The molecule has 30 heavy (non-hydrogen) atoms. The molecule has 7 heteroatoms. The SMILES string of the molecule is CCOCC(C)Cc1nc2ccc(OCCCN3CCCC3=O)cc2c2nc[nH]c12. The molecule has 4 rings (SSSR count). The van der Waals surface area contributed by atoms with Crippen molar-refractivity contribution in [3.8, 4) is 5.75 Å². The lowest BCUT2D eigenvalue weighted by Crippen LogP contribution is -2.26. The van der Waals surface area contributed by atoms with E-state index in [1.54, 1.807) is 6.33 Å². The summed E-state index contributed by atoms with van der Waals surface area (Å²) in [6, 6.07) is 5.97. The number of fused-ring (bicyclic) bond motifs is 3. The zero-order chi connectivity index (χ0) is 20.9. The van der Waals surface area contributed by atoms with E-state index in [0.29, 0.717) is 18.9 Å². The molecule has 1 aliphatic rings. The average Bonchev–Trinajstić information content (AvgIpc) is 3.39. The van der Waals surface area contributed by atoms with Crippen LogP contribution >= 0.6 is 0 Å². The van der Waals surface area contributed by atoms with E-state index in [9.17, 15) is 4.79 Å². The Balaban J connectivity index is 1.46. The number of carbonyl (C=O) groups excluding carboxylic acids is 1. The minimum absolute atomic E-state index is 0.263. The van der Waals surface area contributed by atoms with Gasteiger partial charge in [-0.15, -0.1) is 0 Å². The Labute approximate surface area is 176 Å². The molecule has 1 fully saturated rings. The van der Waals surface area contributed by atoms with E-state index in [1.807, 2.05) is 30.0 Å². The van der Waals surface area contributed by atoms with Gasteiger partial charge in [-0.2, -0.15) is 0 Å². The summed E-state index contributed by atoms with van der Waals surface area (Å²) in [4.78, 5) is 26.3. The first-order valence-electron chi connectivity index (χ1n) is 10.9. The number of amides is 1. The average molecular weight is 411 g/mol. The normalized spacial score (nSPS) is 15.4. The summed E-state index contributed by atoms with van der Waals surface area (Å²) in [7, 11) is 0. The fraction of sp³-hybridized carbons (Fsp3) is 0.522. The topological polar surface area (TPSA) is 80.3 Å². The van der Waals surface area contributed by atoms with Crippen molar-refractivity contribution in [1.29, 1.82) is 0 Å². The third-order valence-corrected chi connectivity index (χ3v) is 5.57. The minimum atomic E-state index is 0.263. The molecule has 0 radical (unpaired) electrons. The number of aromatic amines is 1. The van der Waals surface area contributed by atoms with Gasteiger partial charge in [0.25, 0.3) is 0 Å². The lowest BCUT2D eigenvalue weighted by atomic mass is 10.0. The maximum atomic E-state index is 11.7. The maximum Gasteiger partial charge on any atom is 0.222 e. The van der Waals surface area contributed by atoms with Gasteiger partial charge in [-0.3, -0.25) is 9.78 Å². The Morgan fingerprint density at radius 2 is 2.23 bits per heavy atom. The van der Waals surface area contributed by atoms with Crippen molar-refractivity contribution in [2.75, 3.05) is 32.9 Å². The fourth-order valence-electron chi connectivity index (χ4n) is 4.05. The Kier molecular flexibility index (Phi) is 6.47. The number of imidazole rings is 1. The molecule has 0 spiro atoms. The van der Waals surface area contributed by atoms with Crippen molar-refractivity contribution < 1.29 is 14.3 Å². The van der Waals surface area contributed by atoms with Crippen molar-refractivity contribution in [2.24, 2.45) is 5.92 Å². The van der Waals surface area contributed by atoms with Gasteiger partial charge in [-0.1, -0.05) is 6.92 Å². The number of ether oxygens (including phenoxy) is 2. The highest BCUT2D eigenvalue weighted by atomic mass is 16.5. The van der Waals surface area contributed by atoms with Crippen LogP contribution in [-0.4, -0.2) is 58.7 Å². The van der Waals surface area contributed by atoms with Crippen molar-refractivity contribution >= 4 is 27.8 Å². The summed E-state index contributed by atoms with van der Waals surface area (Å²) < 4.78 is 11.5. The number of benzene rings is 1. The van der Waals surface area contributed by atoms with Crippen LogP contribution in [0.25, 0.3) is 21.9 Å². The Morgan fingerprint density at radius 3 is 3.03 bits per heavy atom. The van der Waals surface area contributed by atoms with E-state index in [4.69, 9.17) is 14.5 Å². The monoisotopic (exact) mass is 410 g/mol. The fourth-order valence-corrected chi connectivity index (χ4v) is 4.05. The number of aromatic nitrogens is 3. The molecule has 1 atom stereocenters. The molecule has 1 N–H and O–H groups in total. The van der Waals surface area contributed by atoms with Gasteiger partial charge in [0.15, 0.2) is 0 Å². The van der Waals surface area contributed by atoms with E-state index in [-0.39, 0.29) is 5.91 Å². The predicted molar refractivity (Wildman–Crippen MR) is 117 cm³/mol. The first kappa shape index (κ1) is 20.6. The summed E-state index contributed by atoms with van der Waals surface area (Å²) in [5, 5.41) is 0.986. The van der Waals surface area contributed by atoms with Gasteiger partial charge in [-0.05, 0) is 50.3 Å². The van der Waals surface area contributed by atoms with Crippen LogP contribution in [0.3, 0.4) is 0 Å². The van der Waals surface area contributed by atoms with Crippen LogP contribution < -0.4 is 4.74 Å². The minimum Gasteiger partial charge on any atom is -0.494 e. The molecule has 3 aromatic rings. The Hall–Kier alpha value is -2.67. The number of carbonyl (C=O) groups is 1. The van der Waals surface area contributed by atoms with Gasteiger partial charge in [0.1, 0.15) is 5.75 Å². The quantitative estimate of drug-likeness (QED) is 0.515. The molecule has 1 aliphatic heterocycles. The van der Waals surface area contributed by atoms with Crippen molar-refractivity contribution in [2.45, 2.75) is 39.5 Å². The smallest absolute Gasteiger partial charge is 0.222 e. The van der Waals surface area contributed by atoms with E-state index < -0.39 is 0 Å². The highest BCUT2D eigenvalue weighted by Gasteiger charge is 2.19. The molecule has 160 valence electrons. The molecule has 1 aromatic carbocycles. The van der Waals surface area contributed by atoms with Crippen LogP contribution in [0.1, 0.15) is 38.8 Å². The Bertz CT molecular complexity index is 1020. The predicted octanol–water partition coefficient (Wildman–Crippen LogP) is 3.72. The largest absolute Gasteiger partial charge is 0.494 e. The molecule has 2 aromatic heterocycles. The molecule has 1 saturated heterocycles. The summed E-state index contributed by atoms with van der Waals surface area (Å²) in [6.45, 7) is 7.87. The molecule has 7 nitrogen and oxygen atoms in total. The molecule has 0 saturated carbocycles. The van der Waals surface area contributed by atoms with Crippen LogP contribution in [0.2, 0.25) is 0 Å². The van der Waals surface area contributed by atoms with E-state index in [2.05, 4.69) is 16.9 Å². The first-order chi connectivity index (χ1) is 14.7. The lowest BCUT2D eigenvalue weighted by Gasteiger charge is -2.15. The second kappa shape index (κ2) is 9.43. The highest BCUT2D eigenvalue weighted by molar-refractivity contribution is 6.03. The lowest BCUT2D eigenvalue weighted by molar-refractivity contribution is -0.127. The first-order valence-corrected chi connectivity index (χ1v) is 10.9. The highest BCUT2D eigenvalue weighted by Crippen LogP contribution is 2.28. The number of pyridine rings is 1. The summed E-state index contributed by atoms with van der Waals surface area (Å²) in [6.07, 6.45) is 5.05. The van der Waals surface area contributed by atoms with Gasteiger partial charge >= 0.3 is 0 Å². The van der Waals surface area contributed by atoms with Gasteiger partial charge in [0.05, 0.1) is 35.2 Å². The second-order valence-corrected chi connectivity index (χ2v) is 8.02. The van der Waals surface area contributed by atoms with Gasteiger partial charge in [0, 0.05) is 38.1 Å². The molecule has 1 amide bonds. The number of H-pyrrole nitrogens is 1. The van der Waals surface area contributed by atoms with E-state index in [0.717, 1.165) is 78.9 Å². The number of rotatable bonds is 10. The molecule has 3 heterocycles. The molecule has 0 bridgehead atoms. The number of nitrogens with zero attached hydrogens (tertiary/aromatic N) is 3. The zero-order valence-electron chi connectivity index (χ0n) is 17.8. The maximum absolute atomic E-state index is 11.7. The van der Waals surface area contributed by atoms with Gasteiger partial charge in [-0.25, -0.2) is 4.98 Å². The van der Waals surface area contributed by atoms with Crippen LogP contribution in [0.15, 0.2) is 24.5 Å². The van der Waals surface area contributed by atoms with E-state index in [1.165, 1.54) is 0 Å². The third-order valence-electron chi connectivity index (χ3n) is 5.57. The van der Waals surface area contributed by atoms with Crippen molar-refractivity contribution in [3.05, 3.63) is 30.2 Å². The number of hydrogen-bond donors (Lipinski definition) is 1. The van der Waals surface area contributed by atoms with Crippen molar-refractivity contribution in [3.63, 3.8) is 0 Å². The van der Waals surface area contributed by atoms with Gasteiger partial charge in [0.2, 0.25) is 5.91 Å². The third kappa shape index (κ3) is 4.56. The van der Waals surface area contributed by atoms with Crippen LogP contribution in [0, 0.1) is 5.92 Å². The Morgan fingerprint density at radius 1 is 1.33 bits per heavy atom. The zero-order valence-corrected chi connectivity index (χ0v) is 17.8. The molecule has 1 unspecified atom stereocenters. The number of likely N-dealkylation sites (tertiary alicyclic amines) is 1. The van der Waals surface area contributed by atoms with Crippen molar-refractivity contribution in [1.82, 2.24) is 19.9 Å². The van der Waals surface area contributed by atoms with Crippen LogP contribution in [-0.2, 0) is 16.0 Å². The number of nitrogens with one attached hydrogen (secondary N) is 1. The molecule has 0 aliphatic carbocycles. The van der Waals surface area contributed by atoms with E-state index >= 15 is 0 Å².